The molecule has 0 radical (unpaired) electrons. The summed E-state index contributed by atoms with van der Waals surface area (Å²) in [5.74, 6) is 3.90. The number of halogens is 2. The summed E-state index contributed by atoms with van der Waals surface area (Å²) in [6.07, 6.45) is 1.37. The molecule has 0 saturated heterocycles. The molecule has 4 nitrogen and oxygen atoms in total. The zero-order chi connectivity index (χ0) is 14.7. The molecule has 0 atom stereocenters. The van der Waals surface area contributed by atoms with Gasteiger partial charge in [0.1, 0.15) is 5.75 Å². The van der Waals surface area contributed by atoms with Crippen LogP contribution in [-0.4, -0.2) is 5.11 Å². The molecule has 5 N–H and O–H groups in total. The van der Waals surface area contributed by atoms with Gasteiger partial charge in [-0.15, -0.1) is 0 Å². The van der Waals surface area contributed by atoms with Crippen molar-refractivity contribution in [2.75, 3.05) is 5.01 Å². The molecule has 0 aromatic heterocycles. The largest absolute Gasteiger partial charge is 0.508 e. The number of rotatable bonds is 3. The maximum atomic E-state index is 13.1. The lowest BCUT2D eigenvalue weighted by molar-refractivity contribution is 0.475. The first-order valence-electron chi connectivity index (χ1n) is 5.73. The highest BCUT2D eigenvalue weighted by atomic mass is 19.2. The van der Waals surface area contributed by atoms with Gasteiger partial charge in [0.2, 0.25) is 0 Å². The molecule has 2 rings (SSSR count). The number of phenols is 1. The summed E-state index contributed by atoms with van der Waals surface area (Å²) in [7, 11) is 0. The number of nitrogens with zero attached hydrogens (tertiary/aromatic N) is 1. The van der Waals surface area contributed by atoms with Gasteiger partial charge in [-0.3, -0.25) is 5.01 Å². The smallest absolute Gasteiger partial charge is 0.160 e. The van der Waals surface area contributed by atoms with Crippen LogP contribution in [0, 0.1) is 11.6 Å². The van der Waals surface area contributed by atoms with Crippen molar-refractivity contribution in [1.29, 1.82) is 0 Å². The fraction of sp³-hybridized carbons (Fsp3) is 0. The summed E-state index contributed by atoms with van der Waals surface area (Å²) in [4.78, 5) is 0. The third-order valence-electron chi connectivity index (χ3n) is 2.68. The molecule has 0 unspecified atom stereocenters. The summed E-state index contributed by atoms with van der Waals surface area (Å²) in [5, 5.41) is 10.3. The topological polar surface area (TPSA) is 75.5 Å². The molecule has 2 aromatic carbocycles. The van der Waals surface area contributed by atoms with Crippen LogP contribution in [0.1, 0.15) is 5.56 Å². The average molecular weight is 277 g/mol. The van der Waals surface area contributed by atoms with E-state index in [1.807, 2.05) is 0 Å². The lowest BCUT2D eigenvalue weighted by Gasteiger charge is -2.15. The lowest BCUT2D eigenvalue weighted by Crippen LogP contribution is -2.25. The van der Waals surface area contributed by atoms with Crippen LogP contribution in [0.15, 0.2) is 48.7 Å². The van der Waals surface area contributed by atoms with Gasteiger partial charge >= 0.3 is 0 Å². The number of anilines is 1. The van der Waals surface area contributed by atoms with Gasteiger partial charge in [-0.1, -0.05) is 0 Å². The Labute approximate surface area is 114 Å². The lowest BCUT2D eigenvalue weighted by atomic mass is 10.1. The summed E-state index contributed by atoms with van der Waals surface area (Å²) in [5.41, 5.74) is 7.05. The quantitative estimate of drug-likeness (QED) is 0.594. The zero-order valence-electron chi connectivity index (χ0n) is 10.4. The Kier molecular flexibility index (Phi) is 3.86. The third kappa shape index (κ3) is 3.04. The standard InChI is InChI=1S/C14H13F2N3O/c15-12-6-3-10(7-13(12)16)19(18)8-14(17)9-1-4-11(20)5-2-9/h1-8,20H,17-18H2/b14-8-. The van der Waals surface area contributed by atoms with Crippen LogP contribution in [0.4, 0.5) is 14.5 Å². The van der Waals surface area contributed by atoms with Crippen molar-refractivity contribution in [3.63, 3.8) is 0 Å². The number of phenolic OH excluding ortho intramolecular Hbond substituents is 1. The zero-order valence-corrected chi connectivity index (χ0v) is 10.4. The Morgan fingerprint density at radius 2 is 1.70 bits per heavy atom. The molecule has 0 aliphatic carbocycles. The maximum Gasteiger partial charge on any atom is 0.160 e. The van der Waals surface area contributed by atoms with Gasteiger partial charge in [-0.25, -0.2) is 14.6 Å². The second-order valence-electron chi connectivity index (χ2n) is 4.14. The van der Waals surface area contributed by atoms with E-state index in [2.05, 4.69) is 0 Å². The van der Waals surface area contributed by atoms with Gasteiger partial charge in [0, 0.05) is 12.3 Å². The van der Waals surface area contributed by atoms with Crippen molar-refractivity contribution in [2.45, 2.75) is 0 Å². The second-order valence-corrected chi connectivity index (χ2v) is 4.14. The van der Waals surface area contributed by atoms with Crippen molar-refractivity contribution in [2.24, 2.45) is 11.6 Å². The third-order valence-corrected chi connectivity index (χ3v) is 2.68. The van der Waals surface area contributed by atoms with Gasteiger partial charge in [-0.05, 0) is 42.0 Å². The molecule has 104 valence electrons. The number of benzene rings is 2. The highest BCUT2D eigenvalue weighted by Gasteiger charge is 2.06. The maximum absolute atomic E-state index is 13.1. The molecule has 0 saturated carbocycles. The SMILES string of the molecule is N/C(=C\N(N)c1ccc(F)c(F)c1)c1ccc(O)cc1. The van der Waals surface area contributed by atoms with Crippen LogP contribution in [-0.2, 0) is 0 Å². The van der Waals surface area contributed by atoms with Crippen LogP contribution in [0.3, 0.4) is 0 Å². The van der Waals surface area contributed by atoms with Crippen molar-refractivity contribution < 1.29 is 13.9 Å². The van der Waals surface area contributed by atoms with Gasteiger partial charge < -0.3 is 10.8 Å². The van der Waals surface area contributed by atoms with E-state index in [4.69, 9.17) is 11.6 Å². The molecule has 0 amide bonds. The van der Waals surface area contributed by atoms with Crippen LogP contribution in [0.5, 0.6) is 5.75 Å². The Hall–Kier alpha value is -2.60. The Morgan fingerprint density at radius 3 is 2.30 bits per heavy atom. The molecule has 6 heteroatoms. The second kappa shape index (κ2) is 5.58. The monoisotopic (exact) mass is 277 g/mol. The molecule has 20 heavy (non-hydrogen) atoms. The van der Waals surface area contributed by atoms with E-state index < -0.39 is 11.6 Å². The normalized spacial score (nSPS) is 11.4. The molecular weight excluding hydrogens is 264 g/mol. The molecule has 0 fully saturated rings. The Morgan fingerprint density at radius 1 is 1.05 bits per heavy atom. The first-order chi connectivity index (χ1) is 9.47. The van der Waals surface area contributed by atoms with Crippen molar-refractivity contribution in [1.82, 2.24) is 0 Å². The van der Waals surface area contributed by atoms with E-state index in [1.165, 1.54) is 24.4 Å². The fourth-order valence-corrected chi connectivity index (χ4v) is 1.60. The van der Waals surface area contributed by atoms with Crippen molar-refractivity contribution in [3.8, 4) is 5.75 Å². The van der Waals surface area contributed by atoms with Gasteiger partial charge in [0.15, 0.2) is 11.6 Å². The van der Waals surface area contributed by atoms with Gasteiger partial charge in [0.05, 0.1) is 11.4 Å². The van der Waals surface area contributed by atoms with Gasteiger partial charge in [0.25, 0.3) is 0 Å². The molecule has 0 aliphatic rings. The van der Waals surface area contributed by atoms with E-state index in [0.29, 0.717) is 11.3 Å². The number of hydrazine groups is 1. The molecule has 2 aromatic rings. The van der Waals surface area contributed by atoms with Crippen LogP contribution < -0.4 is 16.6 Å². The first kappa shape index (κ1) is 13.8. The highest BCUT2D eigenvalue weighted by Crippen LogP contribution is 2.19. The van der Waals surface area contributed by atoms with E-state index >= 15 is 0 Å². The number of hydrogen-bond acceptors (Lipinski definition) is 4. The number of hydrogen-bond donors (Lipinski definition) is 3. The fourth-order valence-electron chi connectivity index (χ4n) is 1.60. The molecular formula is C14H13F2N3O. The summed E-state index contributed by atoms with van der Waals surface area (Å²) < 4.78 is 25.9. The van der Waals surface area contributed by atoms with Crippen molar-refractivity contribution in [3.05, 3.63) is 65.9 Å². The van der Waals surface area contributed by atoms with Crippen molar-refractivity contribution >= 4 is 11.4 Å². The minimum atomic E-state index is -0.991. The molecule has 0 aliphatic heterocycles. The summed E-state index contributed by atoms with van der Waals surface area (Å²) >= 11 is 0. The highest BCUT2D eigenvalue weighted by molar-refractivity contribution is 5.66. The minimum Gasteiger partial charge on any atom is -0.508 e. The molecule has 0 heterocycles. The Balaban J connectivity index is 2.24. The van der Waals surface area contributed by atoms with Gasteiger partial charge in [-0.2, -0.15) is 0 Å². The van der Waals surface area contributed by atoms with E-state index in [-0.39, 0.29) is 11.4 Å². The van der Waals surface area contributed by atoms with Crippen LogP contribution in [0.2, 0.25) is 0 Å². The summed E-state index contributed by atoms with van der Waals surface area (Å²) in [6, 6.07) is 9.47. The van der Waals surface area contributed by atoms with Crippen LogP contribution in [0.25, 0.3) is 5.70 Å². The predicted molar refractivity (Wildman–Crippen MR) is 73.3 cm³/mol. The predicted octanol–water partition coefficient (Wildman–Crippen LogP) is 2.31. The average Bonchev–Trinajstić information content (AvgIpc) is 2.42. The minimum absolute atomic E-state index is 0.117. The number of aromatic hydroxyl groups is 1. The van der Waals surface area contributed by atoms with E-state index in [1.54, 1.807) is 12.1 Å². The van der Waals surface area contributed by atoms with E-state index in [9.17, 15) is 13.9 Å². The number of nitrogens with two attached hydrogens (primary N) is 2. The first-order valence-corrected chi connectivity index (χ1v) is 5.73. The molecule has 0 spiro atoms. The van der Waals surface area contributed by atoms with Crippen LogP contribution >= 0.6 is 0 Å². The van der Waals surface area contributed by atoms with E-state index in [0.717, 1.165) is 17.1 Å². The summed E-state index contributed by atoms with van der Waals surface area (Å²) in [6.45, 7) is 0. The molecule has 0 bridgehead atoms. The Bertz CT molecular complexity index is 641.